The van der Waals surface area contributed by atoms with Crippen LogP contribution in [0.15, 0.2) is 77.3 Å². The Kier molecular flexibility index (Phi) is 7.80. The lowest BCUT2D eigenvalue weighted by Crippen LogP contribution is -2.19. The quantitative estimate of drug-likeness (QED) is 0.311. The summed E-state index contributed by atoms with van der Waals surface area (Å²) in [4.78, 5) is 25.6. The van der Waals surface area contributed by atoms with Gasteiger partial charge in [-0.1, -0.05) is 48.5 Å². The van der Waals surface area contributed by atoms with Crippen molar-refractivity contribution in [2.24, 2.45) is 0 Å². The Morgan fingerprint density at radius 1 is 0.889 bits per heavy atom. The third-order valence-corrected chi connectivity index (χ3v) is 5.92. The zero-order valence-electron chi connectivity index (χ0n) is 20.6. The third-order valence-electron chi connectivity index (χ3n) is 5.92. The molecule has 3 aromatic carbocycles. The topological polar surface area (TPSA) is 93.5 Å². The minimum absolute atomic E-state index is 0.165. The standard InChI is InChI=1S/C29H29N3O4/c1-4-21-9-13-23(14-10-21)30-29(34)25-7-5-6-8-27(25)31-28(33)17-22-11-15-24(16-12-22)35-18-26-19(2)32-36-20(26)3/h5-16H,4,17-18H2,1-3H3,(H,30,34)(H,31,33). The number of anilines is 2. The summed E-state index contributed by atoms with van der Waals surface area (Å²) in [5, 5.41) is 9.69. The summed E-state index contributed by atoms with van der Waals surface area (Å²) in [6.45, 7) is 6.17. The van der Waals surface area contributed by atoms with Crippen LogP contribution in [0.5, 0.6) is 5.75 Å². The van der Waals surface area contributed by atoms with Crippen LogP contribution in [0.25, 0.3) is 0 Å². The Labute approximate surface area is 210 Å². The summed E-state index contributed by atoms with van der Waals surface area (Å²) in [6.07, 6.45) is 1.10. The highest BCUT2D eigenvalue weighted by Gasteiger charge is 2.14. The number of carbonyl (C=O) groups is 2. The predicted octanol–water partition coefficient (Wildman–Crippen LogP) is 5.87. The Bertz CT molecular complexity index is 1320. The minimum Gasteiger partial charge on any atom is -0.489 e. The number of rotatable bonds is 9. The number of ether oxygens (including phenoxy) is 1. The molecule has 0 atom stereocenters. The molecule has 0 aliphatic heterocycles. The molecule has 0 fully saturated rings. The number of hydrogen-bond donors (Lipinski definition) is 2. The summed E-state index contributed by atoms with van der Waals surface area (Å²) in [5.74, 6) is 0.930. The first-order chi connectivity index (χ1) is 17.4. The summed E-state index contributed by atoms with van der Waals surface area (Å²) >= 11 is 0. The van der Waals surface area contributed by atoms with Gasteiger partial charge in [0.25, 0.3) is 5.91 Å². The van der Waals surface area contributed by atoms with E-state index in [0.29, 0.717) is 29.3 Å². The van der Waals surface area contributed by atoms with Crippen molar-refractivity contribution in [1.29, 1.82) is 0 Å². The van der Waals surface area contributed by atoms with E-state index >= 15 is 0 Å². The number of hydrogen-bond acceptors (Lipinski definition) is 5. The van der Waals surface area contributed by atoms with Gasteiger partial charge >= 0.3 is 0 Å². The fraction of sp³-hybridized carbons (Fsp3) is 0.207. The lowest BCUT2D eigenvalue weighted by molar-refractivity contribution is -0.115. The van der Waals surface area contributed by atoms with Crippen LogP contribution in [0.3, 0.4) is 0 Å². The molecule has 36 heavy (non-hydrogen) atoms. The molecular weight excluding hydrogens is 454 g/mol. The molecule has 0 spiro atoms. The van der Waals surface area contributed by atoms with Gasteiger partial charge in [0.2, 0.25) is 5.91 Å². The van der Waals surface area contributed by atoms with Crippen LogP contribution in [0.1, 0.15) is 45.4 Å². The number of amides is 2. The highest BCUT2D eigenvalue weighted by atomic mass is 16.5. The summed E-state index contributed by atoms with van der Waals surface area (Å²) < 4.78 is 11.0. The van der Waals surface area contributed by atoms with Crippen LogP contribution in [0.4, 0.5) is 11.4 Å². The molecule has 1 heterocycles. The number of para-hydroxylation sites is 1. The van der Waals surface area contributed by atoms with Gasteiger partial charge in [-0.2, -0.15) is 0 Å². The van der Waals surface area contributed by atoms with E-state index in [-0.39, 0.29) is 18.2 Å². The molecule has 7 heteroatoms. The minimum atomic E-state index is -0.282. The molecule has 0 aliphatic rings. The first-order valence-electron chi connectivity index (χ1n) is 11.9. The van der Waals surface area contributed by atoms with Crippen molar-refractivity contribution >= 4 is 23.2 Å². The second kappa shape index (κ2) is 11.4. The molecule has 2 amide bonds. The summed E-state index contributed by atoms with van der Waals surface area (Å²) in [7, 11) is 0. The maximum atomic E-state index is 12.9. The molecule has 4 aromatic rings. The molecule has 4 rings (SSSR count). The molecule has 184 valence electrons. The van der Waals surface area contributed by atoms with Gasteiger partial charge in [-0.25, -0.2) is 0 Å². The molecule has 0 bridgehead atoms. The third kappa shape index (κ3) is 6.18. The number of nitrogens with zero attached hydrogens (tertiary/aromatic N) is 1. The second-order valence-corrected chi connectivity index (χ2v) is 8.51. The van der Waals surface area contributed by atoms with Gasteiger partial charge < -0.3 is 19.9 Å². The van der Waals surface area contributed by atoms with E-state index in [9.17, 15) is 9.59 Å². The fourth-order valence-electron chi connectivity index (χ4n) is 3.76. The van der Waals surface area contributed by atoms with E-state index in [1.807, 2.05) is 62.4 Å². The molecular formula is C29H29N3O4. The smallest absolute Gasteiger partial charge is 0.257 e. The van der Waals surface area contributed by atoms with Crippen molar-refractivity contribution in [1.82, 2.24) is 5.16 Å². The number of carbonyl (C=O) groups excluding carboxylic acids is 2. The SMILES string of the molecule is CCc1ccc(NC(=O)c2ccccc2NC(=O)Cc2ccc(OCc3c(C)noc3C)cc2)cc1. The van der Waals surface area contributed by atoms with Gasteiger partial charge in [0.15, 0.2) is 0 Å². The van der Waals surface area contributed by atoms with Gasteiger partial charge in [0.1, 0.15) is 18.1 Å². The van der Waals surface area contributed by atoms with Crippen molar-refractivity contribution in [3.63, 3.8) is 0 Å². The lowest BCUT2D eigenvalue weighted by Gasteiger charge is -2.12. The Morgan fingerprint density at radius 3 is 2.25 bits per heavy atom. The van der Waals surface area contributed by atoms with E-state index in [1.165, 1.54) is 5.56 Å². The van der Waals surface area contributed by atoms with E-state index in [0.717, 1.165) is 29.0 Å². The average Bonchev–Trinajstić information content (AvgIpc) is 3.21. The maximum Gasteiger partial charge on any atom is 0.257 e. The number of benzene rings is 3. The molecule has 2 N–H and O–H groups in total. The zero-order chi connectivity index (χ0) is 25.5. The normalized spacial score (nSPS) is 10.6. The molecule has 1 aromatic heterocycles. The van der Waals surface area contributed by atoms with Gasteiger partial charge in [-0.05, 0) is 67.8 Å². The van der Waals surface area contributed by atoms with Crippen molar-refractivity contribution in [3.8, 4) is 5.75 Å². The fourth-order valence-corrected chi connectivity index (χ4v) is 3.76. The first kappa shape index (κ1) is 24.7. The molecule has 7 nitrogen and oxygen atoms in total. The van der Waals surface area contributed by atoms with Crippen LogP contribution in [0, 0.1) is 13.8 Å². The van der Waals surface area contributed by atoms with Gasteiger partial charge in [0, 0.05) is 5.69 Å². The van der Waals surface area contributed by atoms with Crippen molar-refractivity contribution in [2.45, 2.75) is 40.2 Å². The van der Waals surface area contributed by atoms with Gasteiger partial charge in [-0.3, -0.25) is 9.59 Å². The average molecular weight is 484 g/mol. The molecule has 0 radical (unpaired) electrons. The Balaban J connectivity index is 1.35. The van der Waals surface area contributed by atoms with Gasteiger partial charge in [0.05, 0.1) is 28.9 Å². The highest BCUT2D eigenvalue weighted by Crippen LogP contribution is 2.20. The molecule has 0 saturated heterocycles. The number of nitrogens with one attached hydrogen (secondary N) is 2. The monoisotopic (exact) mass is 483 g/mol. The second-order valence-electron chi connectivity index (χ2n) is 8.51. The summed E-state index contributed by atoms with van der Waals surface area (Å²) in [6, 6.07) is 22.0. The molecule has 0 saturated carbocycles. The van der Waals surface area contributed by atoms with Crippen LogP contribution < -0.4 is 15.4 Å². The van der Waals surface area contributed by atoms with Crippen molar-refractivity contribution in [3.05, 3.63) is 107 Å². The van der Waals surface area contributed by atoms with E-state index in [4.69, 9.17) is 9.26 Å². The van der Waals surface area contributed by atoms with E-state index in [2.05, 4.69) is 22.7 Å². The number of aromatic nitrogens is 1. The maximum absolute atomic E-state index is 12.9. The van der Waals surface area contributed by atoms with Crippen LogP contribution in [-0.2, 0) is 24.2 Å². The Hall–Kier alpha value is -4.39. The largest absolute Gasteiger partial charge is 0.489 e. The Morgan fingerprint density at radius 2 is 1.58 bits per heavy atom. The van der Waals surface area contributed by atoms with Crippen LogP contribution in [0.2, 0.25) is 0 Å². The van der Waals surface area contributed by atoms with Crippen LogP contribution in [-0.4, -0.2) is 17.0 Å². The highest BCUT2D eigenvalue weighted by molar-refractivity contribution is 6.10. The van der Waals surface area contributed by atoms with E-state index < -0.39 is 0 Å². The van der Waals surface area contributed by atoms with Crippen molar-refractivity contribution < 1.29 is 18.8 Å². The number of aryl methyl sites for hydroxylation is 3. The predicted molar refractivity (Wildman–Crippen MR) is 139 cm³/mol. The molecule has 0 unspecified atom stereocenters. The van der Waals surface area contributed by atoms with E-state index in [1.54, 1.807) is 24.3 Å². The zero-order valence-corrected chi connectivity index (χ0v) is 20.6. The lowest BCUT2D eigenvalue weighted by atomic mass is 10.1. The summed E-state index contributed by atoms with van der Waals surface area (Å²) in [5.41, 5.74) is 5.33. The van der Waals surface area contributed by atoms with Crippen molar-refractivity contribution in [2.75, 3.05) is 10.6 Å². The van der Waals surface area contributed by atoms with Gasteiger partial charge in [-0.15, -0.1) is 0 Å². The van der Waals surface area contributed by atoms with Crippen LogP contribution >= 0.6 is 0 Å². The molecule has 0 aliphatic carbocycles. The first-order valence-corrected chi connectivity index (χ1v) is 11.9.